The largest absolute Gasteiger partial charge is 0.361 e. The molecule has 5 nitrogen and oxygen atoms in total. The summed E-state index contributed by atoms with van der Waals surface area (Å²) in [5.41, 5.74) is 2.52. The van der Waals surface area contributed by atoms with E-state index in [2.05, 4.69) is 16.5 Å². The van der Waals surface area contributed by atoms with Crippen LogP contribution in [0.1, 0.15) is 27.4 Å². The van der Waals surface area contributed by atoms with E-state index in [1.807, 2.05) is 0 Å². The fraction of sp³-hybridized carbons (Fsp3) is 0.118. The van der Waals surface area contributed by atoms with Gasteiger partial charge in [0, 0.05) is 26.6 Å². The number of amides is 1. The Balaban J connectivity index is 1.98. The minimum Gasteiger partial charge on any atom is -0.361 e. The Morgan fingerprint density at radius 2 is 2.08 bits per heavy atom. The summed E-state index contributed by atoms with van der Waals surface area (Å²) in [6, 6.07) is 7.18. The smallest absolute Gasteiger partial charge is 0.261 e. The van der Waals surface area contributed by atoms with Crippen LogP contribution < -0.4 is 5.32 Å². The second-order valence-corrected chi connectivity index (χ2v) is 6.97. The molecule has 0 saturated heterocycles. The van der Waals surface area contributed by atoms with Gasteiger partial charge in [-0.3, -0.25) is 4.79 Å². The van der Waals surface area contributed by atoms with Crippen LogP contribution >= 0.6 is 34.5 Å². The number of halogens is 2. The first kappa shape index (κ1) is 17.5. The summed E-state index contributed by atoms with van der Waals surface area (Å²) in [6.45, 7) is 3.34. The molecule has 3 rings (SSSR count). The van der Waals surface area contributed by atoms with Crippen LogP contribution in [0.5, 0.6) is 0 Å². The third kappa shape index (κ3) is 3.27. The zero-order valence-electron chi connectivity index (χ0n) is 13.2. The quantitative estimate of drug-likeness (QED) is 0.643. The Kier molecular flexibility index (Phi) is 4.82. The molecule has 126 valence electrons. The number of nitrogens with one attached hydrogen (secondary N) is 1. The lowest BCUT2D eigenvalue weighted by Gasteiger charge is -2.05. The molecule has 0 aliphatic heterocycles. The Bertz CT molecular complexity index is 998. The van der Waals surface area contributed by atoms with E-state index >= 15 is 0 Å². The fourth-order valence-electron chi connectivity index (χ4n) is 2.44. The summed E-state index contributed by atoms with van der Waals surface area (Å²) in [7, 11) is 0. The molecule has 0 unspecified atom stereocenters. The number of hydrogen-bond acceptors (Lipinski definition) is 5. The first-order chi connectivity index (χ1) is 11.9. The van der Waals surface area contributed by atoms with E-state index in [-0.39, 0.29) is 5.91 Å². The number of aryl methyl sites for hydroxylation is 2. The highest BCUT2D eigenvalue weighted by atomic mass is 35.5. The van der Waals surface area contributed by atoms with E-state index in [1.165, 1.54) is 11.3 Å². The monoisotopic (exact) mass is 391 g/mol. The number of hydrogen-bond donors (Lipinski definition) is 1. The van der Waals surface area contributed by atoms with E-state index in [0.29, 0.717) is 48.8 Å². The topological polar surface area (TPSA) is 78.9 Å². The van der Waals surface area contributed by atoms with Crippen molar-refractivity contribution in [3.8, 4) is 17.2 Å². The molecule has 2 aromatic heterocycles. The van der Waals surface area contributed by atoms with Gasteiger partial charge in [0.05, 0.1) is 11.3 Å². The van der Waals surface area contributed by atoms with Crippen LogP contribution in [0.15, 0.2) is 28.1 Å². The van der Waals surface area contributed by atoms with Crippen molar-refractivity contribution in [3.63, 3.8) is 0 Å². The standard InChI is InChI=1S/C17H11Cl2N3O2S/c1-8-15(9(2)24-22-8)16(23)21-17-12(6-20)13(7-25-17)11-4-3-10(18)5-14(11)19/h3-5,7H,1-2H3,(H,21,23). The van der Waals surface area contributed by atoms with Crippen LogP contribution in [0.3, 0.4) is 0 Å². The summed E-state index contributed by atoms with van der Waals surface area (Å²) >= 11 is 13.4. The molecule has 0 fully saturated rings. The van der Waals surface area contributed by atoms with Crippen molar-refractivity contribution >= 4 is 45.4 Å². The summed E-state index contributed by atoms with van der Waals surface area (Å²) in [5.74, 6) is 0.0504. The van der Waals surface area contributed by atoms with Crippen LogP contribution in [0.25, 0.3) is 11.1 Å². The Labute approximate surface area is 157 Å². The molecular weight excluding hydrogens is 381 g/mol. The number of anilines is 1. The maximum Gasteiger partial charge on any atom is 0.261 e. The first-order valence-electron chi connectivity index (χ1n) is 7.13. The van der Waals surface area contributed by atoms with E-state index in [4.69, 9.17) is 27.7 Å². The molecule has 0 spiro atoms. The highest BCUT2D eigenvalue weighted by molar-refractivity contribution is 7.15. The van der Waals surface area contributed by atoms with Crippen molar-refractivity contribution in [2.75, 3.05) is 5.32 Å². The average Bonchev–Trinajstić information content (AvgIpc) is 3.10. The van der Waals surface area contributed by atoms with Crippen molar-refractivity contribution < 1.29 is 9.32 Å². The predicted octanol–water partition coefficient (Wildman–Crippen LogP) is 5.45. The molecule has 0 radical (unpaired) electrons. The second kappa shape index (κ2) is 6.89. The Morgan fingerprint density at radius 1 is 1.32 bits per heavy atom. The number of carbonyl (C=O) groups excluding carboxylic acids is 1. The molecule has 1 amide bonds. The predicted molar refractivity (Wildman–Crippen MR) is 98.4 cm³/mol. The van der Waals surface area contributed by atoms with Crippen molar-refractivity contribution in [2.45, 2.75) is 13.8 Å². The normalized spacial score (nSPS) is 10.5. The molecule has 0 saturated carbocycles. The highest BCUT2D eigenvalue weighted by Gasteiger charge is 2.21. The number of carbonyl (C=O) groups is 1. The molecule has 0 bridgehead atoms. The summed E-state index contributed by atoms with van der Waals surface area (Å²) in [6.07, 6.45) is 0. The van der Waals surface area contributed by atoms with Crippen LogP contribution in [-0.2, 0) is 0 Å². The van der Waals surface area contributed by atoms with Crippen LogP contribution in [-0.4, -0.2) is 11.1 Å². The highest BCUT2D eigenvalue weighted by Crippen LogP contribution is 2.39. The molecule has 2 heterocycles. The number of rotatable bonds is 3. The lowest BCUT2D eigenvalue weighted by Crippen LogP contribution is -2.13. The van der Waals surface area contributed by atoms with Gasteiger partial charge in [0.15, 0.2) is 0 Å². The lowest BCUT2D eigenvalue weighted by atomic mass is 10.0. The third-order valence-corrected chi connectivity index (χ3v) is 5.05. The Morgan fingerprint density at radius 3 is 2.68 bits per heavy atom. The minimum absolute atomic E-state index is 0.342. The number of benzene rings is 1. The molecule has 1 aromatic carbocycles. The van der Waals surface area contributed by atoms with Crippen molar-refractivity contribution in [2.24, 2.45) is 0 Å². The average molecular weight is 392 g/mol. The summed E-state index contributed by atoms with van der Waals surface area (Å²) in [5, 5.41) is 19.2. The van der Waals surface area contributed by atoms with Gasteiger partial charge in [-0.15, -0.1) is 11.3 Å². The lowest BCUT2D eigenvalue weighted by molar-refractivity contribution is 0.102. The second-order valence-electron chi connectivity index (χ2n) is 5.24. The van der Waals surface area contributed by atoms with Gasteiger partial charge in [0.1, 0.15) is 22.4 Å². The van der Waals surface area contributed by atoms with Crippen molar-refractivity contribution in [1.82, 2.24) is 5.16 Å². The molecule has 0 aliphatic rings. The van der Waals surface area contributed by atoms with Gasteiger partial charge in [0.2, 0.25) is 0 Å². The summed E-state index contributed by atoms with van der Waals surface area (Å²) in [4.78, 5) is 12.5. The number of nitriles is 1. The molecule has 0 atom stereocenters. The zero-order chi connectivity index (χ0) is 18.1. The number of nitrogens with zero attached hydrogens (tertiary/aromatic N) is 2. The number of thiophene rings is 1. The van der Waals surface area contributed by atoms with E-state index in [9.17, 15) is 10.1 Å². The first-order valence-corrected chi connectivity index (χ1v) is 8.77. The van der Waals surface area contributed by atoms with Gasteiger partial charge >= 0.3 is 0 Å². The maximum absolute atomic E-state index is 12.5. The van der Waals surface area contributed by atoms with Crippen LogP contribution in [0.4, 0.5) is 5.00 Å². The van der Waals surface area contributed by atoms with E-state index in [0.717, 1.165) is 0 Å². The van der Waals surface area contributed by atoms with Gasteiger partial charge < -0.3 is 9.84 Å². The summed E-state index contributed by atoms with van der Waals surface area (Å²) < 4.78 is 5.01. The van der Waals surface area contributed by atoms with Gasteiger partial charge in [-0.2, -0.15) is 5.26 Å². The van der Waals surface area contributed by atoms with E-state index < -0.39 is 0 Å². The molecular formula is C17H11Cl2N3O2S. The van der Waals surface area contributed by atoms with E-state index in [1.54, 1.807) is 37.4 Å². The van der Waals surface area contributed by atoms with Crippen LogP contribution in [0, 0.1) is 25.2 Å². The van der Waals surface area contributed by atoms with Gasteiger partial charge in [-0.25, -0.2) is 0 Å². The van der Waals surface area contributed by atoms with Crippen molar-refractivity contribution in [3.05, 3.63) is 56.2 Å². The minimum atomic E-state index is -0.372. The van der Waals surface area contributed by atoms with Gasteiger partial charge in [0.25, 0.3) is 5.91 Å². The van der Waals surface area contributed by atoms with Crippen LogP contribution in [0.2, 0.25) is 10.0 Å². The maximum atomic E-state index is 12.5. The van der Waals surface area contributed by atoms with Crippen molar-refractivity contribution in [1.29, 1.82) is 5.26 Å². The van der Waals surface area contributed by atoms with Gasteiger partial charge in [-0.05, 0) is 26.0 Å². The molecule has 25 heavy (non-hydrogen) atoms. The fourth-order valence-corrected chi connectivity index (χ4v) is 3.86. The zero-order valence-corrected chi connectivity index (χ0v) is 15.5. The molecule has 1 N–H and O–H groups in total. The molecule has 3 aromatic rings. The number of aromatic nitrogens is 1. The molecule has 8 heteroatoms. The van der Waals surface area contributed by atoms with Gasteiger partial charge in [-0.1, -0.05) is 34.4 Å². The molecule has 0 aliphatic carbocycles. The SMILES string of the molecule is Cc1noc(C)c1C(=O)Nc1scc(-c2ccc(Cl)cc2Cl)c1C#N. The Hall–Kier alpha value is -2.33. The third-order valence-electron chi connectivity index (χ3n) is 3.61.